The van der Waals surface area contributed by atoms with Gasteiger partial charge in [0, 0.05) is 38.1 Å². The number of para-hydroxylation sites is 1. The van der Waals surface area contributed by atoms with Crippen LogP contribution in [0.4, 0.5) is 5.69 Å². The molecule has 2 heterocycles. The number of ether oxygens (including phenoxy) is 3. The number of amides is 2. The number of nitrogens with zero attached hydrogens (tertiary/aromatic N) is 2. The molecule has 8 nitrogen and oxygen atoms in total. The lowest BCUT2D eigenvalue weighted by molar-refractivity contribution is -0.126. The number of benzene rings is 2. The highest BCUT2D eigenvalue weighted by Gasteiger charge is 2.35. The third-order valence-electron chi connectivity index (χ3n) is 5.43. The maximum atomic E-state index is 12.7. The minimum atomic E-state index is -0.419. The highest BCUT2D eigenvalue weighted by Crippen LogP contribution is 2.42. The number of hydrogen-bond acceptors (Lipinski definition) is 7. The molecule has 2 amide bonds. The first kappa shape index (κ1) is 21.9. The van der Waals surface area contributed by atoms with Crippen LogP contribution >= 0.6 is 11.3 Å². The number of carbonyl (C=O) groups is 2. The van der Waals surface area contributed by atoms with Crippen LogP contribution < -0.4 is 24.4 Å². The number of rotatable bonds is 8. The number of nitrogens with one attached hydrogen (secondary N) is 1. The lowest BCUT2D eigenvalue weighted by atomic mass is 10.1. The van der Waals surface area contributed by atoms with Gasteiger partial charge in [0.25, 0.3) is 0 Å². The predicted octanol–water partition coefficient (Wildman–Crippen LogP) is 3.03. The summed E-state index contributed by atoms with van der Waals surface area (Å²) < 4.78 is 17.2. The van der Waals surface area contributed by atoms with E-state index >= 15 is 0 Å². The summed E-state index contributed by atoms with van der Waals surface area (Å²) in [6.07, 6.45) is 0.811. The minimum Gasteiger partial charge on any atom is -0.493 e. The molecule has 0 bridgehead atoms. The molecule has 1 aliphatic heterocycles. The summed E-state index contributed by atoms with van der Waals surface area (Å²) >= 11 is 1.63. The molecule has 168 valence electrons. The fourth-order valence-corrected chi connectivity index (χ4v) is 4.79. The number of fused-ring (bicyclic) bond motifs is 1. The first-order valence-corrected chi connectivity index (χ1v) is 11.1. The van der Waals surface area contributed by atoms with Crippen molar-refractivity contribution in [1.29, 1.82) is 0 Å². The van der Waals surface area contributed by atoms with Gasteiger partial charge < -0.3 is 24.4 Å². The number of carbonyl (C=O) groups excluding carboxylic acids is 2. The zero-order valence-corrected chi connectivity index (χ0v) is 19.0. The molecule has 1 aromatic heterocycles. The second-order valence-electron chi connectivity index (χ2n) is 7.41. The number of anilines is 1. The Morgan fingerprint density at radius 1 is 1.16 bits per heavy atom. The van der Waals surface area contributed by atoms with Gasteiger partial charge in [0.05, 0.1) is 48.2 Å². The molecule has 1 atom stereocenters. The van der Waals surface area contributed by atoms with Crippen molar-refractivity contribution < 1.29 is 23.8 Å². The highest BCUT2D eigenvalue weighted by molar-refractivity contribution is 7.18. The topological polar surface area (TPSA) is 90.0 Å². The average molecular weight is 456 g/mol. The van der Waals surface area contributed by atoms with Crippen molar-refractivity contribution in [3.05, 3.63) is 41.4 Å². The monoisotopic (exact) mass is 455 g/mol. The summed E-state index contributed by atoms with van der Waals surface area (Å²) in [6, 6.07) is 11.4. The van der Waals surface area contributed by atoms with Gasteiger partial charge in [0.15, 0.2) is 11.5 Å². The molecular formula is C23H25N3O5S. The maximum absolute atomic E-state index is 12.7. The van der Waals surface area contributed by atoms with Gasteiger partial charge in [-0.2, -0.15) is 0 Å². The van der Waals surface area contributed by atoms with Gasteiger partial charge >= 0.3 is 0 Å². The second-order valence-corrected chi connectivity index (χ2v) is 8.52. The first-order valence-electron chi connectivity index (χ1n) is 10.3. The quantitative estimate of drug-likeness (QED) is 0.562. The number of thiazole rings is 1. The molecule has 1 fully saturated rings. The minimum absolute atomic E-state index is 0.120. The highest BCUT2D eigenvalue weighted by atomic mass is 32.1. The largest absolute Gasteiger partial charge is 0.493 e. The van der Waals surface area contributed by atoms with E-state index < -0.39 is 5.92 Å². The SMILES string of the molecule is COc1cc(N2CC(C(=O)NCCc3nc4ccccc4s3)CC2=O)cc(OC)c1OC. The number of aromatic nitrogens is 1. The smallest absolute Gasteiger partial charge is 0.227 e. The summed E-state index contributed by atoms with van der Waals surface area (Å²) in [4.78, 5) is 31.5. The zero-order valence-electron chi connectivity index (χ0n) is 18.2. The van der Waals surface area contributed by atoms with Crippen molar-refractivity contribution in [1.82, 2.24) is 10.3 Å². The standard InChI is InChI=1S/C23H25N3O5S/c1-29-17-11-15(12-18(30-2)22(17)31-3)26-13-14(10-21(26)27)23(28)24-9-8-20-25-16-6-4-5-7-19(16)32-20/h4-7,11-12,14H,8-10,13H2,1-3H3,(H,24,28). The van der Waals surface area contributed by atoms with E-state index in [-0.39, 0.29) is 18.2 Å². The molecule has 3 aromatic rings. The third kappa shape index (κ3) is 4.34. The Balaban J connectivity index is 1.39. The molecule has 1 N–H and O–H groups in total. The van der Waals surface area contributed by atoms with Crippen LogP contribution in [-0.4, -0.2) is 51.2 Å². The van der Waals surface area contributed by atoms with E-state index in [0.29, 0.717) is 42.4 Å². The van der Waals surface area contributed by atoms with Crippen molar-refractivity contribution in [2.45, 2.75) is 12.8 Å². The van der Waals surface area contributed by atoms with Crippen molar-refractivity contribution in [2.24, 2.45) is 5.92 Å². The second kappa shape index (κ2) is 9.44. The molecular weight excluding hydrogens is 430 g/mol. The Kier molecular flexibility index (Phi) is 6.45. The van der Waals surface area contributed by atoms with E-state index in [0.717, 1.165) is 15.2 Å². The molecule has 0 radical (unpaired) electrons. The molecule has 0 spiro atoms. The molecule has 0 aliphatic carbocycles. The van der Waals surface area contributed by atoms with Crippen molar-refractivity contribution in [3.8, 4) is 17.2 Å². The Morgan fingerprint density at radius 2 is 1.88 bits per heavy atom. The van der Waals surface area contributed by atoms with Crippen LogP contribution in [0.3, 0.4) is 0 Å². The van der Waals surface area contributed by atoms with Gasteiger partial charge in [-0.25, -0.2) is 4.98 Å². The van der Waals surface area contributed by atoms with Crippen LogP contribution in [-0.2, 0) is 16.0 Å². The van der Waals surface area contributed by atoms with E-state index in [1.54, 1.807) is 28.4 Å². The van der Waals surface area contributed by atoms with Gasteiger partial charge in [0.1, 0.15) is 0 Å². The Labute approximate surface area is 190 Å². The van der Waals surface area contributed by atoms with E-state index in [1.807, 2.05) is 24.3 Å². The summed E-state index contributed by atoms with van der Waals surface area (Å²) in [5.74, 6) is 0.697. The molecule has 9 heteroatoms. The third-order valence-corrected chi connectivity index (χ3v) is 6.53. The van der Waals surface area contributed by atoms with Crippen molar-refractivity contribution >= 4 is 39.1 Å². The molecule has 4 rings (SSSR count). The van der Waals surface area contributed by atoms with Gasteiger partial charge in [0.2, 0.25) is 17.6 Å². The Hall–Kier alpha value is -3.33. The summed E-state index contributed by atoms with van der Waals surface area (Å²) in [5.41, 5.74) is 1.58. The fraction of sp³-hybridized carbons (Fsp3) is 0.348. The van der Waals surface area contributed by atoms with Crippen LogP contribution in [0, 0.1) is 5.92 Å². The van der Waals surface area contributed by atoms with Crippen molar-refractivity contribution in [3.63, 3.8) is 0 Å². The average Bonchev–Trinajstić information content (AvgIpc) is 3.40. The van der Waals surface area contributed by atoms with Gasteiger partial charge in [-0.1, -0.05) is 12.1 Å². The summed E-state index contributed by atoms with van der Waals surface area (Å²) in [6.45, 7) is 0.776. The fourth-order valence-electron chi connectivity index (χ4n) is 3.82. The molecule has 0 saturated carbocycles. The number of methoxy groups -OCH3 is 3. The van der Waals surface area contributed by atoms with Crippen molar-refractivity contribution in [2.75, 3.05) is 39.3 Å². The molecule has 32 heavy (non-hydrogen) atoms. The lowest BCUT2D eigenvalue weighted by Crippen LogP contribution is -2.34. The van der Waals surface area contributed by atoms with Crippen LogP contribution in [0.5, 0.6) is 17.2 Å². The maximum Gasteiger partial charge on any atom is 0.227 e. The van der Waals surface area contributed by atoms with Gasteiger partial charge in [-0.3, -0.25) is 9.59 Å². The van der Waals surface area contributed by atoms with E-state index in [1.165, 1.54) is 21.3 Å². The summed E-state index contributed by atoms with van der Waals surface area (Å²) in [5, 5.41) is 3.93. The molecule has 1 aliphatic rings. The Morgan fingerprint density at radius 3 is 2.53 bits per heavy atom. The predicted molar refractivity (Wildman–Crippen MR) is 123 cm³/mol. The molecule has 2 aromatic carbocycles. The van der Waals surface area contributed by atoms with Gasteiger partial charge in [-0.15, -0.1) is 11.3 Å². The molecule has 1 unspecified atom stereocenters. The van der Waals surface area contributed by atoms with Crippen LogP contribution in [0.1, 0.15) is 11.4 Å². The Bertz CT molecular complexity index is 1090. The van der Waals surface area contributed by atoms with E-state index in [2.05, 4.69) is 10.3 Å². The van der Waals surface area contributed by atoms with Gasteiger partial charge in [-0.05, 0) is 12.1 Å². The van der Waals surface area contributed by atoms with E-state index in [4.69, 9.17) is 14.2 Å². The van der Waals surface area contributed by atoms with Crippen LogP contribution in [0.25, 0.3) is 10.2 Å². The van der Waals surface area contributed by atoms with Crippen LogP contribution in [0.15, 0.2) is 36.4 Å². The lowest BCUT2D eigenvalue weighted by Gasteiger charge is -2.20. The van der Waals surface area contributed by atoms with E-state index in [9.17, 15) is 9.59 Å². The molecule has 1 saturated heterocycles. The van der Waals surface area contributed by atoms with Crippen LogP contribution in [0.2, 0.25) is 0 Å². The normalized spacial score (nSPS) is 15.8. The zero-order chi connectivity index (χ0) is 22.7. The number of hydrogen-bond donors (Lipinski definition) is 1. The first-order chi connectivity index (χ1) is 15.5. The summed E-state index contributed by atoms with van der Waals surface area (Å²) in [7, 11) is 4.57.